The van der Waals surface area contributed by atoms with Gasteiger partial charge in [0.25, 0.3) is 5.91 Å². The molecular formula is C23H22N2O2. The van der Waals surface area contributed by atoms with Gasteiger partial charge in [-0.1, -0.05) is 48.0 Å². The fraction of sp³-hybridized carbons (Fsp3) is 0.130. The van der Waals surface area contributed by atoms with Crippen molar-refractivity contribution < 1.29 is 9.53 Å². The molecule has 3 aromatic carbocycles. The van der Waals surface area contributed by atoms with Crippen LogP contribution in [0.3, 0.4) is 0 Å². The Morgan fingerprint density at radius 2 is 1.81 bits per heavy atom. The van der Waals surface area contributed by atoms with Crippen LogP contribution in [0.1, 0.15) is 16.7 Å². The van der Waals surface area contributed by atoms with Gasteiger partial charge in [-0.05, 0) is 55.3 Å². The molecule has 0 atom stereocenters. The summed E-state index contributed by atoms with van der Waals surface area (Å²) < 4.78 is 5.60. The van der Waals surface area contributed by atoms with Gasteiger partial charge < -0.3 is 10.1 Å². The number of nitrogens with one attached hydrogen (secondary N) is 1. The van der Waals surface area contributed by atoms with Crippen molar-refractivity contribution >= 4 is 23.5 Å². The average Bonchev–Trinajstić information content (AvgIpc) is 2.67. The highest BCUT2D eigenvalue weighted by Crippen LogP contribution is 2.20. The van der Waals surface area contributed by atoms with E-state index in [9.17, 15) is 4.79 Å². The lowest BCUT2D eigenvalue weighted by Crippen LogP contribution is -2.20. The maximum Gasteiger partial charge on any atom is 0.262 e. The molecule has 1 amide bonds. The first-order valence-electron chi connectivity index (χ1n) is 8.79. The molecule has 0 radical (unpaired) electrons. The summed E-state index contributed by atoms with van der Waals surface area (Å²) in [5.74, 6) is 0.429. The molecule has 0 saturated carbocycles. The van der Waals surface area contributed by atoms with Gasteiger partial charge in [0.2, 0.25) is 0 Å². The van der Waals surface area contributed by atoms with E-state index in [1.165, 1.54) is 5.56 Å². The minimum Gasteiger partial charge on any atom is -0.484 e. The summed E-state index contributed by atoms with van der Waals surface area (Å²) in [7, 11) is 0. The van der Waals surface area contributed by atoms with Crippen molar-refractivity contribution in [3.8, 4) is 5.75 Å². The number of rotatable bonds is 6. The molecule has 3 rings (SSSR count). The molecule has 0 fully saturated rings. The number of carbonyl (C=O) groups is 1. The number of aliphatic imine (C=N–C) groups is 1. The second-order valence-corrected chi connectivity index (χ2v) is 6.32. The van der Waals surface area contributed by atoms with Crippen LogP contribution in [0, 0.1) is 13.8 Å². The van der Waals surface area contributed by atoms with Crippen molar-refractivity contribution in [2.45, 2.75) is 13.8 Å². The number of nitrogens with zero attached hydrogens (tertiary/aromatic N) is 1. The van der Waals surface area contributed by atoms with Crippen LogP contribution >= 0.6 is 0 Å². The van der Waals surface area contributed by atoms with Gasteiger partial charge in [0, 0.05) is 11.9 Å². The van der Waals surface area contributed by atoms with E-state index in [1.54, 1.807) is 6.21 Å². The molecular weight excluding hydrogens is 336 g/mol. The highest BCUT2D eigenvalue weighted by atomic mass is 16.5. The number of ether oxygens (including phenoxy) is 1. The second-order valence-electron chi connectivity index (χ2n) is 6.32. The first-order chi connectivity index (χ1) is 13.1. The van der Waals surface area contributed by atoms with Crippen LogP contribution in [0.4, 0.5) is 11.4 Å². The van der Waals surface area contributed by atoms with E-state index >= 15 is 0 Å². The zero-order chi connectivity index (χ0) is 19.1. The maximum atomic E-state index is 12.0. The maximum absolute atomic E-state index is 12.0. The van der Waals surface area contributed by atoms with Crippen molar-refractivity contribution in [3.05, 3.63) is 89.5 Å². The van der Waals surface area contributed by atoms with Gasteiger partial charge in [0.1, 0.15) is 5.75 Å². The van der Waals surface area contributed by atoms with E-state index in [0.29, 0.717) is 5.75 Å². The molecule has 0 aliphatic carbocycles. The van der Waals surface area contributed by atoms with Crippen LogP contribution in [-0.4, -0.2) is 18.7 Å². The molecule has 0 aliphatic heterocycles. The van der Waals surface area contributed by atoms with Crippen molar-refractivity contribution in [2.75, 3.05) is 11.9 Å². The van der Waals surface area contributed by atoms with Gasteiger partial charge in [0.15, 0.2) is 6.61 Å². The summed E-state index contributed by atoms with van der Waals surface area (Å²) in [5, 5.41) is 2.79. The Bertz CT molecular complexity index is 950. The number of aryl methyl sites for hydroxylation is 2. The van der Waals surface area contributed by atoms with Crippen LogP contribution in [-0.2, 0) is 4.79 Å². The van der Waals surface area contributed by atoms with Gasteiger partial charge >= 0.3 is 0 Å². The Hall–Kier alpha value is -3.40. The molecule has 0 bridgehead atoms. The zero-order valence-electron chi connectivity index (χ0n) is 15.5. The molecule has 0 aromatic heterocycles. The summed E-state index contributed by atoms with van der Waals surface area (Å²) in [5.41, 5.74) is 4.96. The lowest BCUT2D eigenvalue weighted by molar-refractivity contribution is -0.118. The van der Waals surface area contributed by atoms with Crippen LogP contribution in [0.25, 0.3) is 0 Å². The number of benzene rings is 3. The number of carbonyl (C=O) groups excluding carboxylic acids is 1. The van der Waals surface area contributed by atoms with Crippen LogP contribution < -0.4 is 10.1 Å². The predicted molar refractivity (Wildman–Crippen MR) is 110 cm³/mol. The molecule has 0 unspecified atom stereocenters. The van der Waals surface area contributed by atoms with Gasteiger partial charge in [0.05, 0.1) is 5.69 Å². The fourth-order valence-electron chi connectivity index (χ4n) is 2.65. The van der Waals surface area contributed by atoms with Gasteiger partial charge in [-0.3, -0.25) is 9.79 Å². The molecule has 0 heterocycles. The first-order valence-corrected chi connectivity index (χ1v) is 8.79. The standard InChI is InChI=1S/C23H22N2O2/c1-17-11-12-22(18(2)13-17)24-15-19-7-6-10-21(14-19)27-16-23(26)25-20-8-4-3-5-9-20/h3-15H,16H2,1-2H3,(H,25,26). The number of hydrogen-bond donors (Lipinski definition) is 1. The van der Waals surface area contributed by atoms with E-state index in [0.717, 1.165) is 22.5 Å². The molecule has 136 valence electrons. The molecule has 1 N–H and O–H groups in total. The smallest absolute Gasteiger partial charge is 0.262 e. The van der Waals surface area contributed by atoms with Gasteiger partial charge in [-0.25, -0.2) is 0 Å². The molecule has 0 spiro atoms. The van der Waals surface area contributed by atoms with E-state index in [4.69, 9.17) is 4.74 Å². The molecule has 4 heteroatoms. The molecule has 27 heavy (non-hydrogen) atoms. The average molecular weight is 358 g/mol. The molecule has 0 aliphatic rings. The topological polar surface area (TPSA) is 50.7 Å². The van der Waals surface area contributed by atoms with Crippen molar-refractivity contribution in [2.24, 2.45) is 4.99 Å². The second kappa shape index (κ2) is 8.81. The predicted octanol–water partition coefficient (Wildman–Crippen LogP) is 5.07. The molecule has 3 aromatic rings. The Kier molecular flexibility index (Phi) is 6.00. The normalized spacial score (nSPS) is 10.7. The SMILES string of the molecule is Cc1ccc(N=Cc2cccc(OCC(=O)Nc3ccccc3)c2)c(C)c1. The summed E-state index contributed by atoms with van der Waals surface area (Å²) in [6.07, 6.45) is 1.80. The van der Waals surface area contributed by atoms with E-state index in [2.05, 4.69) is 23.3 Å². The van der Waals surface area contributed by atoms with Crippen LogP contribution in [0.15, 0.2) is 77.8 Å². The zero-order valence-corrected chi connectivity index (χ0v) is 15.5. The third kappa shape index (κ3) is 5.54. The summed E-state index contributed by atoms with van der Waals surface area (Å²) in [4.78, 5) is 16.5. The van der Waals surface area contributed by atoms with E-state index in [-0.39, 0.29) is 12.5 Å². The van der Waals surface area contributed by atoms with Crippen molar-refractivity contribution in [1.82, 2.24) is 0 Å². The number of anilines is 1. The molecule has 0 saturated heterocycles. The first kappa shape index (κ1) is 18.4. The number of hydrogen-bond acceptors (Lipinski definition) is 3. The van der Waals surface area contributed by atoms with Crippen LogP contribution in [0.2, 0.25) is 0 Å². The van der Waals surface area contributed by atoms with Gasteiger partial charge in [-0.15, -0.1) is 0 Å². The van der Waals surface area contributed by atoms with E-state index < -0.39 is 0 Å². The van der Waals surface area contributed by atoms with E-state index in [1.807, 2.05) is 73.7 Å². The minimum absolute atomic E-state index is 0.0490. The summed E-state index contributed by atoms with van der Waals surface area (Å²) >= 11 is 0. The van der Waals surface area contributed by atoms with Crippen molar-refractivity contribution in [3.63, 3.8) is 0 Å². The minimum atomic E-state index is -0.199. The van der Waals surface area contributed by atoms with Crippen LogP contribution in [0.5, 0.6) is 5.75 Å². The Morgan fingerprint density at radius 3 is 2.59 bits per heavy atom. The quantitative estimate of drug-likeness (QED) is 0.625. The lowest BCUT2D eigenvalue weighted by atomic mass is 10.1. The lowest BCUT2D eigenvalue weighted by Gasteiger charge is -2.08. The Labute approximate surface area is 159 Å². The highest BCUT2D eigenvalue weighted by molar-refractivity contribution is 5.91. The third-order valence-corrected chi connectivity index (χ3v) is 3.99. The largest absolute Gasteiger partial charge is 0.484 e. The Balaban J connectivity index is 1.60. The highest BCUT2D eigenvalue weighted by Gasteiger charge is 2.04. The van der Waals surface area contributed by atoms with Crippen molar-refractivity contribution in [1.29, 1.82) is 0 Å². The monoisotopic (exact) mass is 358 g/mol. The fourth-order valence-corrected chi connectivity index (χ4v) is 2.65. The molecule has 4 nitrogen and oxygen atoms in total. The summed E-state index contributed by atoms with van der Waals surface area (Å²) in [6, 6.07) is 23.0. The third-order valence-electron chi connectivity index (χ3n) is 3.99. The van der Waals surface area contributed by atoms with Gasteiger partial charge in [-0.2, -0.15) is 0 Å². The number of para-hydroxylation sites is 1. The number of amides is 1. The Morgan fingerprint density at radius 1 is 1.00 bits per heavy atom. The summed E-state index contributed by atoms with van der Waals surface area (Å²) in [6.45, 7) is 4.06.